The Labute approximate surface area is 127 Å². The van der Waals surface area contributed by atoms with Crippen molar-refractivity contribution in [3.8, 4) is 5.69 Å². The standard InChI is InChI=1S/C15H17N3O4/c1-3-9-22-15(21)10-5-7-11(8-6-10)18-12(4-2)13(14(19)20)16-17-18/h5-8H,3-4,9H2,1-2H3,(H,19,20). The quantitative estimate of drug-likeness (QED) is 0.821. The summed E-state index contributed by atoms with van der Waals surface area (Å²) in [5.74, 6) is -1.49. The molecule has 0 bridgehead atoms. The van der Waals surface area contributed by atoms with Gasteiger partial charge in [-0.2, -0.15) is 0 Å². The largest absolute Gasteiger partial charge is 0.476 e. The lowest BCUT2D eigenvalue weighted by atomic mass is 10.2. The first-order valence-electron chi connectivity index (χ1n) is 7.03. The van der Waals surface area contributed by atoms with Gasteiger partial charge < -0.3 is 9.84 Å². The fourth-order valence-electron chi connectivity index (χ4n) is 2.01. The molecule has 0 fully saturated rings. The molecule has 0 aliphatic rings. The van der Waals surface area contributed by atoms with Crippen LogP contribution in [0.4, 0.5) is 0 Å². The van der Waals surface area contributed by atoms with E-state index in [9.17, 15) is 9.59 Å². The fraction of sp³-hybridized carbons (Fsp3) is 0.333. The minimum atomic E-state index is -1.11. The van der Waals surface area contributed by atoms with E-state index in [1.807, 2.05) is 13.8 Å². The second-order valence-electron chi connectivity index (χ2n) is 4.64. The Kier molecular flexibility index (Phi) is 4.88. The van der Waals surface area contributed by atoms with Crippen LogP contribution < -0.4 is 0 Å². The second kappa shape index (κ2) is 6.84. The van der Waals surface area contributed by atoms with Crippen molar-refractivity contribution in [1.82, 2.24) is 15.0 Å². The van der Waals surface area contributed by atoms with Crippen LogP contribution in [0.5, 0.6) is 0 Å². The number of aromatic carboxylic acids is 1. The van der Waals surface area contributed by atoms with Gasteiger partial charge >= 0.3 is 11.9 Å². The summed E-state index contributed by atoms with van der Waals surface area (Å²) in [6.07, 6.45) is 1.25. The molecule has 0 saturated heterocycles. The van der Waals surface area contributed by atoms with Crippen LogP contribution in [-0.2, 0) is 11.2 Å². The minimum absolute atomic E-state index is 0.0612. The fourth-order valence-corrected chi connectivity index (χ4v) is 2.01. The molecule has 0 saturated carbocycles. The summed E-state index contributed by atoms with van der Waals surface area (Å²) in [6, 6.07) is 6.60. The number of rotatable bonds is 6. The molecule has 0 amide bonds. The number of hydrogen-bond acceptors (Lipinski definition) is 5. The van der Waals surface area contributed by atoms with Crippen LogP contribution in [0.2, 0.25) is 0 Å². The molecule has 0 unspecified atom stereocenters. The van der Waals surface area contributed by atoms with Crippen LogP contribution in [0.3, 0.4) is 0 Å². The summed E-state index contributed by atoms with van der Waals surface area (Å²) in [6.45, 7) is 4.14. The second-order valence-corrected chi connectivity index (χ2v) is 4.64. The van der Waals surface area contributed by atoms with Crippen molar-refractivity contribution in [2.75, 3.05) is 6.61 Å². The summed E-state index contributed by atoms with van der Waals surface area (Å²) < 4.78 is 6.51. The number of carbonyl (C=O) groups excluding carboxylic acids is 1. The third kappa shape index (κ3) is 3.13. The molecule has 0 spiro atoms. The van der Waals surface area contributed by atoms with Gasteiger partial charge in [-0.25, -0.2) is 14.3 Å². The summed E-state index contributed by atoms with van der Waals surface area (Å²) in [4.78, 5) is 22.8. The first-order chi connectivity index (χ1) is 10.6. The Balaban J connectivity index is 2.28. The summed E-state index contributed by atoms with van der Waals surface area (Å²) in [5, 5.41) is 16.6. The number of carboxylic acids is 1. The van der Waals surface area contributed by atoms with Crippen molar-refractivity contribution in [3.05, 3.63) is 41.2 Å². The van der Waals surface area contributed by atoms with Gasteiger partial charge in [0.1, 0.15) is 0 Å². The van der Waals surface area contributed by atoms with Gasteiger partial charge in [-0.05, 0) is 37.1 Å². The van der Waals surface area contributed by atoms with Gasteiger partial charge in [-0.1, -0.05) is 19.1 Å². The smallest absolute Gasteiger partial charge is 0.358 e. The molecular formula is C15H17N3O4. The number of carbonyl (C=O) groups is 2. The van der Waals surface area contributed by atoms with Crippen molar-refractivity contribution in [2.24, 2.45) is 0 Å². The molecule has 7 nitrogen and oxygen atoms in total. The van der Waals surface area contributed by atoms with Gasteiger partial charge in [0, 0.05) is 0 Å². The van der Waals surface area contributed by atoms with E-state index in [0.29, 0.717) is 30.0 Å². The zero-order valence-electron chi connectivity index (χ0n) is 12.4. The molecule has 1 aromatic carbocycles. The van der Waals surface area contributed by atoms with E-state index in [0.717, 1.165) is 6.42 Å². The highest BCUT2D eigenvalue weighted by Crippen LogP contribution is 2.15. The van der Waals surface area contributed by atoms with E-state index >= 15 is 0 Å². The lowest BCUT2D eigenvalue weighted by Crippen LogP contribution is -2.08. The van der Waals surface area contributed by atoms with E-state index < -0.39 is 5.97 Å². The molecule has 1 N–H and O–H groups in total. The number of hydrogen-bond donors (Lipinski definition) is 1. The van der Waals surface area contributed by atoms with Gasteiger partial charge in [0.15, 0.2) is 5.69 Å². The maximum absolute atomic E-state index is 11.7. The van der Waals surface area contributed by atoms with Crippen LogP contribution in [0, 0.1) is 0 Å². The number of carboxylic acid groups (broad SMARTS) is 1. The molecule has 0 atom stereocenters. The predicted octanol–water partition coefficient (Wildman–Crippen LogP) is 2.09. The third-order valence-corrected chi connectivity index (χ3v) is 3.09. The Hall–Kier alpha value is -2.70. The van der Waals surface area contributed by atoms with E-state index in [1.165, 1.54) is 4.68 Å². The molecule has 7 heteroatoms. The number of benzene rings is 1. The van der Waals surface area contributed by atoms with Crippen LogP contribution in [0.15, 0.2) is 24.3 Å². The first-order valence-corrected chi connectivity index (χ1v) is 7.03. The van der Waals surface area contributed by atoms with E-state index in [4.69, 9.17) is 9.84 Å². The summed E-state index contributed by atoms with van der Waals surface area (Å²) in [5.41, 5.74) is 1.53. The normalized spacial score (nSPS) is 10.5. The van der Waals surface area contributed by atoms with Gasteiger partial charge in [0.05, 0.1) is 23.6 Å². The SMILES string of the molecule is CCCOC(=O)c1ccc(-n2nnc(C(=O)O)c2CC)cc1. The van der Waals surface area contributed by atoms with Crippen molar-refractivity contribution in [2.45, 2.75) is 26.7 Å². The zero-order chi connectivity index (χ0) is 16.1. The topological polar surface area (TPSA) is 94.3 Å². The van der Waals surface area contributed by atoms with Crippen LogP contribution in [0.25, 0.3) is 5.69 Å². The molecule has 22 heavy (non-hydrogen) atoms. The van der Waals surface area contributed by atoms with E-state index in [1.54, 1.807) is 24.3 Å². The average Bonchev–Trinajstić information content (AvgIpc) is 2.96. The molecule has 1 aromatic heterocycles. The maximum Gasteiger partial charge on any atom is 0.358 e. The molecule has 2 rings (SSSR count). The molecule has 1 heterocycles. The van der Waals surface area contributed by atoms with Gasteiger partial charge in [-0.15, -0.1) is 5.10 Å². The van der Waals surface area contributed by atoms with Crippen LogP contribution in [0.1, 0.15) is 46.8 Å². The van der Waals surface area contributed by atoms with Gasteiger partial charge in [-0.3, -0.25) is 0 Å². The van der Waals surface area contributed by atoms with Crippen molar-refractivity contribution in [3.63, 3.8) is 0 Å². The summed E-state index contributed by atoms with van der Waals surface area (Å²) in [7, 11) is 0. The number of esters is 1. The zero-order valence-corrected chi connectivity index (χ0v) is 12.4. The third-order valence-electron chi connectivity index (χ3n) is 3.09. The Morgan fingerprint density at radius 1 is 1.23 bits per heavy atom. The first kappa shape index (κ1) is 15.7. The van der Waals surface area contributed by atoms with Gasteiger partial charge in [0.2, 0.25) is 0 Å². The number of aromatic nitrogens is 3. The Morgan fingerprint density at radius 2 is 1.91 bits per heavy atom. The summed E-state index contributed by atoms with van der Waals surface area (Å²) >= 11 is 0. The lowest BCUT2D eigenvalue weighted by Gasteiger charge is -2.07. The van der Waals surface area contributed by atoms with E-state index in [2.05, 4.69) is 10.3 Å². The van der Waals surface area contributed by atoms with E-state index in [-0.39, 0.29) is 11.7 Å². The van der Waals surface area contributed by atoms with Crippen LogP contribution >= 0.6 is 0 Å². The molecule has 0 radical (unpaired) electrons. The highest BCUT2D eigenvalue weighted by molar-refractivity contribution is 5.89. The number of nitrogens with zero attached hydrogens (tertiary/aromatic N) is 3. The Bertz CT molecular complexity index is 677. The lowest BCUT2D eigenvalue weighted by molar-refractivity contribution is 0.0504. The van der Waals surface area contributed by atoms with Crippen molar-refractivity contribution >= 4 is 11.9 Å². The Morgan fingerprint density at radius 3 is 2.45 bits per heavy atom. The van der Waals surface area contributed by atoms with Crippen LogP contribution in [-0.4, -0.2) is 38.6 Å². The average molecular weight is 303 g/mol. The van der Waals surface area contributed by atoms with Crippen molar-refractivity contribution < 1.29 is 19.4 Å². The maximum atomic E-state index is 11.7. The molecule has 116 valence electrons. The predicted molar refractivity (Wildman–Crippen MR) is 78.3 cm³/mol. The molecule has 0 aliphatic carbocycles. The van der Waals surface area contributed by atoms with Crippen molar-refractivity contribution in [1.29, 1.82) is 0 Å². The monoisotopic (exact) mass is 303 g/mol. The highest BCUT2D eigenvalue weighted by Gasteiger charge is 2.18. The highest BCUT2D eigenvalue weighted by atomic mass is 16.5. The number of ether oxygens (including phenoxy) is 1. The molecule has 0 aliphatic heterocycles. The minimum Gasteiger partial charge on any atom is -0.476 e. The molecular weight excluding hydrogens is 286 g/mol. The molecule has 2 aromatic rings. The van der Waals surface area contributed by atoms with Gasteiger partial charge in [0.25, 0.3) is 0 Å².